The van der Waals surface area contributed by atoms with Crippen LogP contribution < -0.4 is 9.64 Å². The minimum atomic E-state index is 0.0464. The zero-order valence-corrected chi connectivity index (χ0v) is 20.0. The molecule has 0 aliphatic rings. The first-order chi connectivity index (χ1) is 15.5. The summed E-state index contributed by atoms with van der Waals surface area (Å²) in [6.07, 6.45) is 2.17. The summed E-state index contributed by atoms with van der Waals surface area (Å²) in [5.74, 6) is 1.56. The van der Waals surface area contributed by atoms with Gasteiger partial charge in [-0.3, -0.25) is 14.7 Å². The molecule has 32 heavy (non-hydrogen) atoms. The van der Waals surface area contributed by atoms with E-state index in [9.17, 15) is 4.79 Å². The van der Waals surface area contributed by atoms with E-state index in [0.29, 0.717) is 18.7 Å². The molecule has 2 aromatic heterocycles. The summed E-state index contributed by atoms with van der Waals surface area (Å²) in [5.41, 5.74) is 4.17. The van der Waals surface area contributed by atoms with Gasteiger partial charge in [0.05, 0.1) is 29.6 Å². The fourth-order valence-corrected chi connectivity index (χ4v) is 5.19. The topological polar surface area (TPSA) is 55.3 Å². The first-order valence-corrected chi connectivity index (χ1v) is 12.2. The number of carbonyl (C=O) groups excluding carboxylic acids is 1. The van der Waals surface area contributed by atoms with Crippen molar-refractivity contribution in [2.24, 2.45) is 0 Å². The molecule has 4 rings (SSSR count). The summed E-state index contributed by atoms with van der Waals surface area (Å²) in [5, 5.41) is 0.721. The van der Waals surface area contributed by atoms with Crippen LogP contribution in [0.4, 0.5) is 5.13 Å². The minimum absolute atomic E-state index is 0.0464. The lowest BCUT2D eigenvalue weighted by atomic mass is 10.1. The Balaban J connectivity index is 1.53. The molecule has 0 fully saturated rings. The average molecular weight is 464 g/mol. The van der Waals surface area contributed by atoms with Gasteiger partial charge >= 0.3 is 0 Å². The van der Waals surface area contributed by atoms with Crippen molar-refractivity contribution in [3.05, 3.63) is 77.6 Å². The second-order valence-corrected chi connectivity index (χ2v) is 9.60. The van der Waals surface area contributed by atoms with Gasteiger partial charge in [-0.15, -0.1) is 11.8 Å². The number of hydrogen-bond donors (Lipinski definition) is 0. The van der Waals surface area contributed by atoms with Crippen molar-refractivity contribution in [1.29, 1.82) is 0 Å². The molecule has 0 spiro atoms. The summed E-state index contributed by atoms with van der Waals surface area (Å²) in [4.78, 5) is 25.5. The van der Waals surface area contributed by atoms with Gasteiger partial charge in [0.15, 0.2) is 5.13 Å². The molecule has 2 heterocycles. The Morgan fingerprint density at radius 3 is 2.62 bits per heavy atom. The van der Waals surface area contributed by atoms with E-state index < -0.39 is 0 Å². The number of benzene rings is 2. The number of hydrogen-bond acceptors (Lipinski definition) is 6. The van der Waals surface area contributed by atoms with Crippen molar-refractivity contribution in [3.63, 3.8) is 0 Å². The fraction of sp³-hybridized carbons (Fsp3) is 0.240. The van der Waals surface area contributed by atoms with E-state index in [4.69, 9.17) is 9.72 Å². The van der Waals surface area contributed by atoms with Gasteiger partial charge in [-0.05, 0) is 67.4 Å². The number of thiazole rings is 1. The molecule has 0 unspecified atom stereocenters. The summed E-state index contributed by atoms with van der Waals surface area (Å²) in [7, 11) is 1.65. The maximum Gasteiger partial charge on any atom is 0.229 e. The van der Waals surface area contributed by atoms with Gasteiger partial charge in [-0.25, -0.2) is 4.98 Å². The maximum absolute atomic E-state index is 13.3. The second kappa shape index (κ2) is 10.1. The van der Waals surface area contributed by atoms with E-state index in [1.54, 1.807) is 41.3 Å². The van der Waals surface area contributed by atoms with Crippen molar-refractivity contribution in [3.8, 4) is 5.75 Å². The molecule has 0 aliphatic carbocycles. The second-order valence-electron chi connectivity index (χ2n) is 7.43. The van der Waals surface area contributed by atoms with E-state index in [1.165, 1.54) is 5.56 Å². The maximum atomic E-state index is 13.3. The van der Waals surface area contributed by atoms with Crippen molar-refractivity contribution in [2.45, 2.75) is 31.7 Å². The first-order valence-electron chi connectivity index (χ1n) is 10.4. The standard InChI is InChI=1S/C25H25N3O2S2/c1-17-7-12-22-24(18(17)2)27-25(32-22)28(16-19-6-4-5-14-26-19)23(29)13-15-31-21-10-8-20(30-3)9-11-21/h4-12,14H,13,15-16H2,1-3H3. The molecule has 2 aromatic carbocycles. The van der Waals surface area contributed by atoms with Crippen LogP contribution in [0.1, 0.15) is 23.2 Å². The van der Waals surface area contributed by atoms with Gasteiger partial charge in [0.1, 0.15) is 5.75 Å². The molecular weight excluding hydrogens is 438 g/mol. The summed E-state index contributed by atoms with van der Waals surface area (Å²) in [6, 6.07) is 17.8. The number of thioether (sulfide) groups is 1. The van der Waals surface area contributed by atoms with E-state index in [2.05, 4.69) is 31.0 Å². The molecule has 0 saturated carbocycles. The smallest absolute Gasteiger partial charge is 0.229 e. The van der Waals surface area contributed by atoms with E-state index >= 15 is 0 Å². The zero-order chi connectivity index (χ0) is 22.5. The molecule has 5 nitrogen and oxygen atoms in total. The number of fused-ring (bicyclic) bond motifs is 1. The molecule has 0 radical (unpaired) electrons. The Morgan fingerprint density at radius 1 is 1.09 bits per heavy atom. The van der Waals surface area contributed by atoms with Crippen LogP contribution in [-0.4, -0.2) is 28.7 Å². The largest absolute Gasteiger partial charge is 0.497 e. The first kappa shape index (κ1) is 22.3. The van der Waals surface area contributed by atoms with Crippen LogP contribution in [0.15, 0.2) is 65.7 Å². The minimum Gasteiger partial charge on any atom is -0.497 e. The predicted molar refractivity (Wildman–Crippen MR) is 133 cm³/mol. The molecule has 164 valence electrons. The number of aryl methyl sites for hydroxylation is 2. The number of rotatable bonds is 8. The van der Waals surface area contributed by atoms with Crippen molar-refractivity contribution in [1.82, 2.24) is 9.97 Å². The quantitative estimate of drug-likeness (QED) is 0.299. The Morgan fingerprint density at radius 2 is 1.91 bits per heavy atom. The Hall–Kier alpha value is -2.90. The average Bonchev–Trinajstić information content (AvgIpc) is 3.26. The van der Waals surface area contributed by atoms with Crippen LogP contribution in [0, 0.1) is 13.8 Å². The third kappa shape index (κ3) is 5.11. The summed E-state index contributed by atoms with van der Waals surface area (Å²) < 4.78 is 6.30. The molecule has 0 N–H and O–H groups in total. The number of nitrogens with zero attached hydrogens (tertiary/aromatic N) is 3. The third-order valence-corrected chi connectivity index (χ3v) is 7.35. The van der Waals surface area contributed by atoms with Gasteiger partial charge in [-0.1, -0.05) is 23.5 Å². The molecule has 0 bridgehead atoms. The van der Waals surface area contributed by atoms with E-state index in [0.717, 1.165) is 37.3 Å². The molecule has 1 amide bonds. The summed E-state index contributed by atoms with van der Waals surface area (Å²) in [6.45, 7) is 4.57. The number of ether oxygens (including phenoxy) is 1. The van der Waals surface area contributed by atoms with Gasteiger partial charge in [0.2, 0.25) is 5.91 Å². The highest BCUT2D eigenvalue weighted by molar-refractivity contribution is 7.99. The SMILES string of the molecule is COc1ccc(SCCC(=O)N(Cc2ccccn2)c2nc3c(C)c(C)ccc3s2)cc1. The lowest BCUT2D eigenvalue weighted by Crippen LogP contribution is -2.30. The molecule has 0 saturated heterocycles. The van der Waals surface area contributed by atoms with Crippen LogP contribution in [0.3, 0.4) is 0 Å². The number of anilines is 1. The third-order valence-electron chi connectivity index (χ3n) is 5.30. The number of amides is 1. The highest BCUT2D eigenvalue weighted by Gasteiger charge is 2.21. The molecular formula is C25H25N3O2S2. The molecule has 0 aliphatic heterocycles. The Labute approximate surface area is 196 Å². The Kier molecular flexibility index (Phi) is 7.07. The van der Waals surface area contributed by atoms with E-state index in [-0.39, 0.29) is 5.91 Å². The van der Waals surface area contributed by atoms with E-state index in [1.807, 2.05) is 42.5 Å². The number of aromatic nitrogens is 2. The van der Waals surface area contributed by atoms with Crippen molar-refractivity contribution in [2.75, 3.05) is 17.8 Å². The van der Waals surface area contributed by atoms with Crippen molar-refractivity contribution >= 4 is 44.4 Å². The lowest BCUT2D eigenvalue weighted by molar-refractivity contribution is -0.118. The number of carbonyl (C=O) groups is 1. The normalized spacial score (nSPS) is 11.0. The van der Waals surface area contributed by atoms with Crippen LogP contribution in [-0.2, 0) is 11.3 Å². The molecule has 4 aromatic rings. The monoisotopic (exact) mass is 463 g/mol. The van der Waals surface area contributed by atoms with Gasteiger partial charge < -0.3 is 4.74 Å². The van der Waals surface area contributed by atoms with Crippen LogP contribution in [0.2, 0.25) is 0 Å². The van der Waals surface area contributed by atoms with Crippen molar-refractivity contribution < 1.29 is 9.53 Å². The van der Waals surface area contributed by atoms with Crippen LogP contribution in [0.5, 0.6) is 5.75 Å². The van der Waals surface area contributed by atoms with Crippen LogP contribution >= 0.6 is 23.1 Å². The van der Waals surface area contributed by atoms with Gasteiger partial charge in [0.25, 0.3) is 0 Å². The lowest BCUT2D eigenvalue weighted by Gasteiger charge is -2.19. The zero-order valence-electron chi connectivity index (χ0n) is 18.4. The predicted octanol–water partition coefficient (Wildman–Crippen LogP) is 6.03. The fourth-order valence-electron chi connectivity index (χ4n) is 3.31. The highest BCUT2D eigenvalue weighted by Crippen LogP contribution is 2.33. The van der Waals surface area contributed by atoms with Crippen LogP contribution in [0.25, 0.3) is 10.2 Å². The van der Waals surface area contributed by atoms with Gasteiger partial charge in [-0.2, -0.15) is 0 Å². The molecule has 7 heteroatoms. The number of pyridine rings is 1. The molecule has 0 atom stereocenters. The van der Waals surface area contributed by atoms with Gasteiger partial charge in [0, 0.05) is 23.3 Å². The Bertz CT molecular complexity index is 1210. The highest BCUT2D eigenvalue weighted by atomic mass is 32.2. The number of methoxy groups -OCH3 is 1. The summed E-state index contributed by atoms with van der Waals surface area (Å²) >= 11 is 3.22.